The number of halogens is 1. The van der Waals surface area contributed by atoms with Crippen LogP contribution in [-0.4, -0.2) is 42.9 Å². The van der Waals surface area contributed by atoms with E-state index in [1.807, 2.05) is 0 Å². The second kappa shape index (κ2) is 21.8. The van der Waals surface area contributed by atoms with Gasteiger partial charge in [-0.25, -0.2) is 0 Å². The lowest BCUT2D eigenvalue weighted by Gasteiger charge is -2.17. The smallest absolute Gasteiger partial charge is 0.189 e. The minimum atomic E-state index is -1.02. The van der Waals surface area contributed by atoms with E-state index in [1.54, 1.807) is 0 Å². The van der Waals surface area contributed by atoms with Crippen LogP contribution in [0, 0.1) is 24.3 Å². The fraction of sp³-hybridized carbons (Fsp3) is 0.676. The fourth-order valence-corrected chi connectivity index (χ4v) is 6.48. The molecular formula is C37H65IO4Si2. The van der Waals surface area contributed by atoms with Crippen molar-refractivity contribution in [3.63, 3.8) is 0 Å². The molecule has 0 spiro atoms. The summed E-state index contributed by atoms with van der Waals surface area (Å²) in [5.41, 5.74) is 6.60. The molecule has 0 unspecified atom stereocenters. The summed E-state index contributed by atoms with van der Waals surface area (Å²) in [5, 5.41) is 0. The molecule has 7 heteroatoms. The van der Waals surface area contributed by atoms with Crippen molar-refractivity contribution in [1.29, 1.82) is 0 Å². The Kier molecular flexibility index (Phi) is 20.4. The molecule has 252 valence electrons. The first-order valence-electron chi connectivity index (χ1n) is 17.0. The van der Waals surface area contributed by atoms with Crippen molar-refractivity contribution in [2.24, 2.45) is 0 Å². The van der Waals surface area contributed by atoms with Gasteiger partial charge in [0.2, 0.25) is 0 Å². The van der Waals surface area contributed by atoms with Crippen LogP contribution in [0.3, 0.4) is 0 Å². The molecule has 2 aromatic carbocycles. The summed E-state index contributed by atoms with van der Waals surface area (Å²) in [5.74, 6) is 1.96. The van der Waals surface area contributed by atoms with Crippen molar-refractivity contribution in [3.05, 3.63) is 55.7 Å². The van der Waals surface area contributed by atoms with Gasteiger partial charge in [-0.05, 0) is 121 Å². The van der Waals surface area contributed by atoms with E-state index in [9.17, 15) is 0 Å². The van der Waals surface area contributed by atoms with Crippen LogP contribution in [0.5, 0.6) is 11.5 Å². The Morgan fingerprint density at radius 1 is 0.591 bits per heavy atom. The zero-order chi connectivity index (χ0) is 33.2. The van der Waals surface area contributed by atoms with Crippen LogP contribution in [0.25, 0.3) is 0 Å². The van der Waals surface area contributed by atoms with Gasteiger partial charge in [-0.3, -0.25) is 0 Å². The van der Waals surface area contributed by atoms with E-state index in [0.29, 0.717) is 13.6 Å². The zero-order valence-electron chi connectivity index (χ0n) is 30.2. The summed E-state index contributed by atoms with van der Waals surface area (Å²) >= 11 is 2.37. The van der Waals surface area contributed by atoms with E-state index < -0.39 is 16.1 Å². The molecule has 0 N–H and O–H groups in total. The summed E-state index contributed by atoms with van der Waals surface area (Å²) in [6.45, 7) is 27.5. The monoisotopic (exact) mass is 756 g/mol. The molecule has 0 amide bonds. The van der Waals surface area contributed by atoms with Crippen molar-refractivity contribution in [3.8, 4) is 11.5 Å². The first kappa shape index (κ1) is 41.1. The maximum atomic E-state index is 5.87. The van der Waals surface area contributed by atoms with E-state index >= 15 is 0 Å². The van der Waals surface area contributed by atoms with Crippen LogP contribution < -0.4 is 9.47 Å². The zero-order valence-corrected chi connectivity index (χ0v) is 34.4. The van der Waals surface area contributed by atoms with E-state index in [-0.39, 0.29) is 0 Å². The van der Waals surface area contributed by atoms with Gasteiger partial charge >= 0.3 is 0 Å². The predicted molar refractivity (Wildman–Crippen MR) is 205 cm³/mol. The maximum absolute atomic E-state index is 5.87. The average Bonchev–Trinajstić information content (AvgIpc) is 2.92. The van der Waals surface area contributed by atoms with Crippen molar-refractivity contribution < 1.29 is 18.9 Å². The highest BCUT2D eigenvalue weighted by Crippen LogP contribution is 2.28. The van der Waals surface area contributed by atoms with Crippen LogP contribution in [0.1, 0.15) is 80.2 Å². The van der Waals surface area contributed by atoms with E-state index in [1.165, 1.54) is 82.0 Å². The van der Waals surface area contributed by atoms with Gasteiger partial charge in [0, 0.05) is 29.4 Å². The van der Waals surface area contributed by atoms with Gasteiger partial charge in [-0.2, -0.15) is 0 Å². The molecule has 0 saturated heterocycles. The number of unbranched alkanes of at least 4 members (excludes halogenated alkanes) is 4. The van der Waals surface area contributed by atoms with Crippen molar-refractivity contribution >= 4 is 38.7 Å². The van der Waals surface area contributed by atoms with Crippen LogP contribution in [0.15, 0.2) is 24.3 Å². The Balaban J connectivity index is 0.000000440. The second-order valence-electron chi connectivity index (χ2n) is 14.6. The molecule has 0 aliphatic rings. The SMILES string of the molecule is CCCCCc1cc(C)c(C)c(OCOCC[Si](C)(C)C)c1.CCCCCc1cc(C)c(I)c(OCOCC[Si](C)(C)C)c1. The lowest BCUT2D eigenvalue weighted by molar-refractivity contribution is 0.0213. The third kappa shape index (κ3) is 18.9. The maximum Gasteiger partial charge on any atom is 0.189 e. The van der Waals surface area contributed by atoms with E-state index in [0.717, 1.165) is 37.6 Å². The Morgan fingerprint density at radius 3 is 1.48 bits per heavy atom. The van der Waals surface area contributed by atoms with Crippen LogP contribution in [-0.2, 0) is 22.3 Å². The summed E-state index contributed by atoms with van der Waals surface area (Å²) < 4.78 is 24.3. The largest absolute Gasteiger partial charge is 0.467 e. The van der Waals surface area contributed by atoms with Crippen molar-refractivity contribution in [2.45, 2.75) is 137 Å². The molecular weight excluding hydrogens is 691 g/mol. The number of hydrogen-bond acceptors (Lipinski definition) is 4. The molecule has 0 radical (unpaired) electrons. The van der Waals surface area contributed by atoms with Gasteiger partial charge in [0.15, 0.2) is 13.6 Å². The van der Waals surface area contributed by atoms with Gasteiger partial charge in [0.1, 0.15) is 11.5 Å². The van der Waals surface area contributed by atoms with E-state index in [4.69, 9.17) is 18.9 Å². The summed E-state index contributed by atoms with van der Waals surface area (Å²) in [4.78, 5) is 0. The highest BCUT2D eigenvalue weighted by atomic mass is 127. The van der Waals surface area contributed by atoms with E-state index in [2.05, 4.69) is 121 Å². The minimum absolute atomic E-state index is 0.359. The van der Waals surface area contributed by atoms with Gasteiger partial charge in [-0.1, -0.05) is 90.9 Å². The molecule has 0 atom stereocenters. The summed E-state index contributed by atoms with van der Waals surface area (Å²) in [7, 11) is -2.03. The Labute approximate surface area is 287 Å². The van der Waals surface area contributed by atoms with Gasteiger partial charge in [0.05, 0.1) is 3.57 Å². The predicted octanol–water partition coefficient (Wildman–Crippen LogP) is 11.8. The van der Waals surface area contributed by atoms with Crippen LogP contribution >= 0.6 is 22.6 Å². The van der Waals surface area contributed by atoms with Crippen molar-refractivity contribution in [1.82, 2.24) is 0 Å². The number of benzene rings is 2. The first-order valence-corrected chi connectivity index (χ1v) is 25.5. The number of hydrogen-bond donors (Lipinski definition) is 0. The average molecular weight is 757 g/mol. The molecule has 0 heterocycles. The topological polar surface area (TPSA) is 36.9 Å². The highest BCUT2D eigenvalue weighted by molar-refractivity contribution is 14.1. The van der Waals surface area contributed by atoms with Crippen LogP contribution in [0.4, 0.5) is 0 Å². The standard InChI is InChI=1S/C19H34O2Si.C18H31IO2Si/c1-7-8-9-10-18-13-16(2)17(3)19(14-18)21-15-20-11-12-22(4,5)6;1-6-7-8-9-16-12-15(2)18(19)17(13-16)21-14-20-10-11-22(3,4)5/h13-14H,7-12,15H2,1-6H3;12-13H,6-11,14H2,1-5H3. The molecule has 0 saturated carbocycles. The van der Waals surface area contributed by atoms with Crippen LogP contribution in [0.2, 0.25) is 51.4 Å². The molecule has 0 aromatic heterocycles. The molecule has 0 aliphatic carbocycles. The Hall–Kier alpha value is -0.876. The molecule has 4 nitrogen and oxygen atoms in total. The normalized spacial score (nSPS) is 11.7. The molecule has 2 aromatic rings. The Bertz CT molecular complexity index is 991. The summed E-state index contributed by atoms with van der Waals surface area (Å²) in [6, 6.07) is 11.3. The minimum Gasteiger partial charge on any atom is -0.467 e. The van der Waals surface area contributed by atoms with Gasteiger partial charge in [-0.15, -0.1) is 0 Å². The second-order valence-corrected chi connectivity index (χ2v) is 27.0. The number of ether oxygens (including phenoxy) is 4. The first-order chi connectivity index (χ1) is 20.7. The highest BCUT2D eigenvalue weighted by Gasteiger charge is 2.14. The Morgan fingerprint density at radius 2 is 1.02 bits per heavy atom. The molecule has 0 bridgehead atoms. The van der Waals surface area contributed by atoms with Gasteiger partial charge < -0.3 is 18.9 Å². The van der Waals surface area contributed by atoms with Gasteiger partial charge in [0.25, 0.3) is 0 Å². The molecule has 2 rings (SSSR count). The number of rotatable bonds is 20. The summed E-state index contributed by atoms with van der Waals surface area (Å²) in [6.07, 6.45) is 9.90. The molecule has 0 aliphatic heterocycles. The quantitative estimate of drug-likeness (QED) is 0.0583. The third-order valence-corrected chi connectivity index (χ3v) is 12.5. The fourth-order valence-electron chi connectivity index (χ4n) is 4.49. The lowest BCUT2D eigenvalue weighted by Crippen LogP contribution is -2.22. The van der Waals surface area contributed by atoms with Crippen molar-refractivity contribution in [2.75, 3.05) is 26.8 Å². The molecule has 44 heavy (non-hydrogen) atoms. The lowest BCUT2D eigenvalue weighted by atomic mass is 10.0. The number of aryl methyl sites for hydroxylation is 4. The third-order valence-electron chi connectivity index (χ3n) is 7.69. The molecule has 0 fully saturated rings.